The molecule has 17 heavy (non-hydrogen) atoms. The molecule has 0 radical (unpaired) electrons. The van der Waals surface area contributed by atoms with Crippen molar-refractivity contribution in [2.24, 2.45) is 0 Å². The topological polar surface area (TPSA) is 29.5 Å². The largest absolute Gasteiger partial charge is 0.508 e. The van der Waals surface area contributed by atoms with Crippen molar-refractivity contribution < 1.29 is 9.84 Å². The molecule has 1 N–H and O–H groups in total. The summed E-state index contributed by atoms with van der Waals surface area (Å²) >= 11 is 5.25. The first-order valence-corrected chi connectivity index (χ1v) is 7.17. The quantitative estimate of drug-likeness (QED) is 0.894. The summed E-state index contributed by atoms with van der Waals surface area (Å²) in [4.78, 5) is 0. The number of allylic oxidation sites excluding steroid dienone is 1. The third-order valence-electron chi connectivity index (χ3n) is 2.50. The van der Waals surface area contributed by atoms with Crippen LogP contribution in [0.5, 0.6) is 5.75 Å². The Morgan fingerprint density at radius 3 is 2.94 bits per heavy atom. The van der Waals surface area contributed by atoms with Gasteiger partial charge in [0.25, 0.3) is 0 Å². The highest BCUT2D eigenvalue weighted by atomic mass is 79.9. The number of benzene rings is 1. The molecular weight excluding hydrogens is 300 g/mol. The number of aliphatic hydroxyl groups is 1. The minimum atomic E-state index is 0.399. The summed E-state index contributed by atoms with van der Waals surface area (Å²) in [6.07, 6.45) is 3.85. The number of hydrogen-bond donors (Lipinski definition) is 1. The molecular formula is C13H13BrO2S. The fraction of sp³-hybridized carbons (Fsp3) is 0.231. The second-order valence-electron chi connectivity index (χ2n) is 3.67. The first-order valence-electron chi connectivity index (χ1n) is 5.22. The van der Waals surface area contributed by atoms with E-state index < -0.39 is 0 Å². The zero-order valence-electron chi connectivity index (χ0n) is 9.44. The van der Waals surface area contributed by atoms with Crippen LogP contribution in [0, 0.1) is 0 Å². The monoisotopic (exact) mass is 312 g/mol. The molecule has 0 spiro atoms. The third-order valence-corrected chi connectivity index (χ3v) is 4.04. The van der Waals surface area contributed by atoms with Crippen molar-refractivity contribution in [2.75, 3.05) is 18.6 Å². The molecule has 0 aromatic heterocycles. The van der Waals surface area contributed by atoms with Crippen molar-refractivity contribution in [1.82, 2.24) is 0 Å². The van der Waals surface area contributed by atoms with Gasteiger partial charge in [-0.15, -0.1) is 0 Å². The van der Waals surface area contributed by atoms with Gasteiger partial charge in [0.05, 0.1) is 11.6 Å². The Labute approximate surface area is 113 Å². The summed E-state index contributed by atoms with van der Waals surface area (Å²) in [7, 11) is 1.64. The Hall–Kier alpha value is -0.870. The van der Waals surface area contributed by atoms with E-state index in [0.29, 0.717) is 5.76 Å². The Morgan fingerprint density at radius 2 is 2.29 bits per heavy atom. The lowest BCUT2D eigenvalue weighted by atomic mass is 10.1. The summed E-state index contributed by atoms with van der Waals surface area (Å²) < 4.78 is 6.10. The highest BCUT2D eigenvalue weighted by molar-refractivity contribution is 9.10. The van der Waals surface area contributed by atoms with Crippen LogP contribution in [0.3, 0.4) is 0 Å². The maximum atomic E-state index is 9.74. The lowest BCUT2D eigenvalue weighted by Crippen LogP contribution is -1.99. The zero-order chi connectivity index (χ0) is 12.3. The van der Waals surface area contributed by atoms with Gasteiger partial charge in [0.2, 0.25) is 0 Å². The third kappa shape index (κ3) is 3.07. The Bertz CT molecular complexity index is 480. The van der Waals surface area contributed by atoms with Crippen LogP contribution in [0.15, 0.2) is 40.1 Å². The van der Waals surface area contributed by atoms with Crippen LogP contribution in [0.1, 0.15) is 5.56 Å². The Morgan fingerprint density at radius 1 is 1.47 bits per heavy atom. The minimum Gasteiger partial charge on any atom is -0.508 e. The van der Waals surface area contributed by atoms with Gasteiger partial charge in [0, 0.05) is 17.1 Å². The number of thioether (sulfide) groups is 1. The lowest BCUT2D eigenvalue weighted by Gasteiger charge is -2.12. The molecule has 0 bridgehead atoms. The van der Waals surface area contributed by atoms with Gasteiger partial charge >= 0.3 is 0 Å². The predicted octanol–water partition coefficient (Wildman–Crippen LogP) is 4.03. The van der Waals surface area contributed by atoms with Gasteiger partial charge in [-0.05, 0) is 45.8 Å². The number of halogens is 1. The fourth-order valence-corrected chi connectivity index (χ4v) is 3.00. The summed E-state index contributed by atoms with van der Waals surface area (Å²) in [5, 5.41) is 9.74. The predicted molar refractivity (Wildman–Crippen MR) is 76.7 cm³/mol. The van der Waals surface area contributed by atoms with E-state index in [1.807, 2.05) is 30.4 Å². The second kappa shape index (κ2) is 5.65. The Kier molecular flexibility index (Phi) is 4.18. The molecule has 0 unspecified atom stereocenters. The molecule has 90 valence electrons. The van der Waals surface area contributed by atoms with E-state index in [0.717, 1.165) is 32.9 Å². The fourth-order valence-electron chi connectivity index (χ4n) is 1.60. The number of ether oxygens (including phenoxy) is 1. The molecule has 1 heterocycles. The van der Waals surface area contributed by atoms with E-state index in [9.17, 15) is 5.11 Å². The van der Waals surface area contributed by atoms with Gasteiger partial charge in [0.1, 0.15) is 11.5 Å². The van der Waals surface area contributed by atoms with E-state index in [1.54, 1.807) is 18.9 Å². The van der Waals surface area contributed by atoms with Crippen molar-refractivity contribution in [3.8, 4) is 5.75 Å². The molecule has 0 atom stereocenters. The van der Waals surface area contributed by atoms with E-state index in [1.165, 1.54) is 0 Å². The second-order valence-corrected chi connectivity index (χ2v) is 5.55. The zero-order valence-corrected chi connectivity index (χ0v) is 11.8. The number of hydrogen-bond acceptors (Lipinski definition) is 3. The van der Waals surface area contributed by atoms with Crippen LogP contribution in [-0.4, -0.2) is 23.7 Å². The molecule has 2 rings (SSSR count). The summed E-state index contributed by atoms with van der Waals surface area (Å²) in [6, 6.07) is 5.87. The smallest absolute Gasteiger partial charge is 0.133 e. The van der Waals surface area contributed by atoms with E-state index in [2.05, 4.69) is 15.9 Å². The number of aliphatic hydroxyl groups excluding tert-OH is 1. The molecule has 0 aliphatic carbocycles. The van der Waals surface area contributed by atoms with Crippen LogP contribution in [0.2, 0.25) is 0 Å². The molecule has 1 aliphatic rings. The standard InChI is InChI=1S/C13H13BrO2S/c1-16-13-3-2-9(7-11(13)14)6-10-8-17-5-4-12(10)15/h2-4,6-7,15H,5,8H2,1H3/b10-6+. The molecule has 1 aromatic rings. The first kappa shape index (κ1) is 12.6. The van der Waals surface area contributed by atoms with E-state index in [-0.39, 0.29) is 0 Å². The number of methoxy groups -OCH3 is 1. The maximum Gasteiger partial charge on any atom is 0.133 e. The summed E-state index contributed by atoms with van der Waals surface area (Å²) in [5.41, 5.74) is 2.02. The summed E-state index contributed by atoms with van der Waals surface area (Å²) in [6.45, 7) is 0. The maximum absolute atomic E-state index is 9.74. The van der Waals surface area contributed by atoms with Crippen molar-refractivity contribution in [3.63, 3.8) is 0 Å². The summed E-state index contributed by atoms with van der Waals surface area (Å²) in [5.74, 6) is 2.95. The Balaban J connectivity index is 2.29. The SMILES string of the molecule is COc1ccc(/C=C2\CSCC=C2O)cc1Br. The van der Waals surface area contributed by atoms with Crippen molar-refractivity contribution in [2.45, 2.75) is 0 Å². The van der Waals surface area contributed by atoms with E-state index >= 15 is 0 Å². The van der Waals surface area contributed by atoms with Crippen molar-refractivity contribution >= 4 is 33.8 Å². The molecule has 0 fully saturated rings. The van der Waals surface area contributed by atoms with Crippen LogP contribution in [-0.2, 0) is 0 Å². The van der Waals surface area contributed by atoms with Crippen LogP contribution < -0.4 is 4.74 Å². The normalized spacial score (nSPS) is 18.0. The van der Waals surface area contributed by atoms with Gasteiger partial charge in [-0.25, -0.2) is 0 Å². The molecule has 0 amide bonds. The van der Waals surface area contributed by atoms with Gasteiger partial charge in [-0.1, -0.05) is 6.07 Å². The molecule has 1 aromatic carbocycles. The van der Waals surface area contributed by atoms with Gasteiger partial charge in [0.15, 0.2) is 0 Å². The minimum absolute atomic E-state index is 0.399. The van der Waals surface area contributed by atoms with Gasteiger partial charge < -0.3 is 9.84 Å². The average Bonchev–Trinajstić information content (AvgIpc) is 2.32. The molecule has 2 nitrogen and oxygen atoms in total. The highest BCUT2D eigenvalue weighted by Gasteiger charge is 2.09. The van der Waals surface area contributed by atoms with Gasteiger partial charge in [-0.2, -0.15) is 11.8 Å². The van der Waals surface area contributed by atoms with Crippen molar-refractivity contribution in [3.05, 3.63) is 45.6 Å². The average molecular weight is 313 g/mol. The first-order chi connectivity index (χ1) is 8.20. The molecule has 4 heteroatoms. The van der Waals surface area contributed by atoms with Crippen LogP contribution in [0.25, 0.3) is 6.08 Å². The lowest BCUT2D eigenvalue weighted by molar-refractivity contribution is 0.412. The number of rotatable bonds is 2. The van der Waals surface area contributed by atoms with Crippen LogP contribution >= 0.6 is 27.7 Å². The van der Waals surface area contributed by atoms with Crippen LogP contribution in [0.4, 0.5) is 0 Å². The van der Waals surface area contributed by atoms with E-state index in [4.69, 9.17) is 4.74 Å². The molecule has 0 saturated carbocycles. The molecule has 0 saturated heterocycles. The molecule has 1 aliphatic heterocycles. The highest BCUT2D eigenvalue weighted by Crippen LogP contribution is 2.28. The van der Waals surface area contributed by atoms with Crippen molar-refractivity contribution in [1.29, 1.82) is 0 Å². The van der Waals surface area contributed by atoms with Gasteiger partial charge in [-0.3, -0.25) is 0 Å².